The number of aromatic carboxylic acids is 1. The van der Waals surface area contributed by atoms with Crippen molar-refractivity contribution in [3.8, 4) is 11.1 Å². The molecular weight excluding hydrogens is 2050 g/mol. The number of nitrogens with two attached hydrogens (primary N) is 1. The summed E-state index contributed by atoms with van der Waals surface area (Å²) in [5, 5.41) is 114. The molecule has 1 saturated heterocycles. The molecule has 0 radical (unpaired) electrons. The zero-order chi connectivity index (χ0) is 99.6. The van der Waals surface area contributed by atoms with Crippen molar-refractivity contribution < 1.29 is 73.2 Å². The van der Waals surface area contributed by atoms with Gasteiger partial charge in [0.05, 0.1) is 210 Å². The van der Waals surface area contributed by atoms with Gasteiger partial charge < -0.3 is 119 Å². The van der Waals surface area contributed by atoms with Gasteiger partial charge in [-0.2, -0.15) is 24.7 Å². The number of nitrogen functional groups attached to an aromatic ring is 1. The van der Waals surface area contributed by atoms with Gasteiger partial charge in [-0.1, -0.05) is 75.0 Å². The van der Waals surface area contributed by atoms with Crippen LogP contribution in [0.2, 0.25) is 10.0 Å². The highest BCUT2D eigenvalue weighted by Gasteiger charge is 2.52. The van der Waals surface area contributed by atoms with E-state index >= 15 is 0 Å². The molecule has 15 aromatic rings. The summed E-state index contributed by atoms with van der Waals surface area (Å²) < 4.78 is 52.1. The standard InChI is InChI=1S/C21H18N6O.C14H18BNO2.C13H12ClN5O.C7H4BrClN2.C6H8BrN3O3.C6H7N3O3.C6H9N3O.C4H3N3O4.C4H5N3O3.C2H6O.CH4NP.CH4.ClH/c1-2-14-8-15(11-23-18(14)3-1)16-9-19(21-22-4-5-26(21)12-16)24-20-10-17-13-28-7-6-27(17)25-20;1-13(2)14(3,4)18-15(17-13)11-8-10-6-5-7-12(10)16-9-11;14-9-5-11(13-15-1-2-18(13)7-9)16-12-6-10-8-20-4-3-19(10)17-12;8-6-3-5(9)4-11-2-1-10-7(6)11;7-1-2-9-5(4-11)3-6(8-9)10(12)13;10-9(11)6-3-5-4-12-2-1-8(5)7-6;7-6-3-5-4-10-2-1-9(5)8-6;8-4(9)2-1-3(6-5-2)7(10)11;8-2-3-1-4(6-5-3)7(9)10;2*1-2-3;;/h1,3-5,8-12H,2,6-7,13H2,(H,24,25);5,7-9H,6H2,1-4H3;1-2,5-7H,3-4,8H2,(H,16,17);1-4H;3,11H,1-2,4H2;3H,1-2,4H2;3H,1-2,4H2,(H2,7,8);1H,(H,5,6)(H,8,9);1,8H,2H2,(H,5,6);3H,2H2,1H3;3H,1H3;1H4;1H. The summed E-state index contributed by atoms with van der Waals surface area (Å²) in [6, 6.07) is 20.8. The zero-order valence-electron chi connectivity index (χ0n) is 75.7. The van der Waals surface area contributed by atoms with Crippen LogP contribution in [0.5, 0.6) is 0 Å². The van der Waals surface area contributed by atoms with E-state index < -0.39 is 31.5 Å². The number of allylic oxidation sites excluding steroid dienone is 2. The van der Waals surface area contributed by atoms with Crippen LogP contribution in [0.25, 0.3) is 40.2 Å². The maximum absolute atomic E-state index is 10.3. The molecule has 746 valence electrons. The van der Waals surface area contributed by atoms with E-state index in [4.69, 9.17) is 77.6 Å². The number of aliphatic hydroxyl groups excluding tert-OH is 3. The van der Waals surface area contributed by atoms with E-state index in [2.05, 4.69) is 198 Å². The van der Waals surface area contributed by atoms with Crippen LogP contribution in [-0.4, -0.2) is 217 Å². The van der Waals surface area contributed by atoms with Gasteiger partial charge in [-0.05, 0) is 140 Å². The van der Waals surface area contributed by atoms with Gasteiger partial charge in [-0.3, -0.25) is 28.8 Å². The largest absolute Gasteiger partial charge is 0.496 e. The van der Waals surface area contributed by atoms with E-state index in [0.29, 0.717) is 86.2 Å². The molecule has 2 aliphatic carbocycles. The average Bonchev–Trinajstić information content (AvgIpc) is 1.62. The molecule has 0 unspecified atom stereocenters. The van der Waals surface area contributed by atoms with Crippen molar-refractivity contribution in [3.05, 3.63) is 270 Å². The number of carbonyl (C=O) groups is 1. The maximum atomic E-state index is 10.3. The number of imidazole rings is 3. The summed E-state index contributed by atoms with van der Waals surface area (Å²) in [4.78, 5) is 70.3. The summed E-state index contributed by atoms with van der Waals surface area (Å²) >= 11 is 18.5. The van der Waals surface area contributed by atoms with Crippen LogP contribution in [0.4, 0.5) is 52.1 Å². The van der Waals surface area contributed by atoms with Gasteiger partial charge >= 0.3 is 36.4 Å². The van der Waals surface area contributed by atoms with Gasteiger partial charge in [0.25, 0.3) is 0 Å². The fourth-order valence-electron chi connectivity index (χ4n) is 13.7. The Morgan fingerprint density at radius 3 is 1.52 bits per heavy atom. The number of fused-ring (bicyclic) bond motifs is 9. The minimum Gasteiger partial charge on any atom is -0.476 e. The van der Waals surface area contributed by atoms with Crippen molar-refractivity contribution in [2.75, 3.05) is 61.8 Å². The number of pyridine rings is 5. The van der Waals surface area contributed by atoms with Crippen molar-refractivity contribution in [1.29, 1.82) is 0 Å². The first kappa shape index (κ1) is 109. The number of nitro groups is 4. The highest BCUT2D eigenvalue weighted by atomic mass is 79.9. The number of aryl methyl sites for hydroxylation is 1. The van der Waals surface area contributed by atoms with Crippen LogP contribution in [0.1, 0.15) is 109 Å². The van der Waals surface area contributed by atoms with Crippen LogP contribution in [0.3, 0.4) is 0 Å². The topological polar surface area (TPSA) is 613 Å². The lowest BCUT2D eigenvalue weighted by Gasteiger charge is -2.32. The number of aromatic amines is 2. The molecule has 0 saturated carbocycles. The van der Waals surface area contributed by atoms with E-state index in [9.17, 15) is 45.3 Å². The number of alkyl halides is 1. The summed E-state index contributed by atoms with van der Waals surface area (Å²) in [5.74, 6) is -0.0988. The number of hydrogen-bond donors (Lipinski definition) is 9. The second kappa shape index (κ2) is 51.5. The van der Waals surface area contributed by atoms with Crippen molar-refractivity contribution in [3.63, 3.8) is 0 Å². The van der Waals surface area contributed by atoms with Gasteiger partial charge in [0.2, 0.25) is 0 Å². The summed E-state index contributed by atoms with van der Waals surface area (Å²) in [6.07, 6.45) is 30.8. The number of nitrogens with zero attached hydrogens (tertiary/aromatic N) is 25. The molecular formula is C85H99BBr2Cl3N30O19P. The zero-order valence-corrected chi connectivity index (χ0v) is 82.2. The molecule has 7 aliphatic rings. The smallest absolute Gasteiger partial charge is 0.476 e. The molecule has 5 aliphatic heterocycles. The van der Waals surface area contributed by atoms with Gasteiger partial charge in [0, 0.05) is 122 Å². The molecule has 141 heavy (non-hydrogen) atoms. The maximum Gasteiger partial charge on any atom is 0.496 e. The van der Waals surface area contributed by atoms with E-state index in [0.717, 1.165) is 140 Å². The Labute approximate surface area is 838 Å². The lowest BCUT2D eigenvalue weighted by Crippen LogP contribution is -2.41. The first-order valence-corrected chi connectivity index (χ1v) is 45.4. The molecule has 0 aromatic carbocycles. The summed E-state index contributed by atoms with van der Waals surface area (Å²) in [6.45, 7) is 18.1. The lowest BCUT2D eigenvalue weighted by atomic mass is 9.79. The highest BCUT2D eigenvalue weighted by Crippen LogP contribution is 2.38. The number of ether oxygens (including phenoxy) is 4. The number of anilines is 5. The van der Waals surface area contributed by atoms with Gasteiger partial charge in [0.1, 0.15) is 11.5 Å². The second-order valence-electron chi connectivity index (χ2n) is 31.0. The number of aliphatic hydroxyl groups is 3. The fourth-order valence-corrected chi connectivity index (χ4v) is 15.2. The van der Waals surface area contributed by atoms with Gasteiger partial charge in [-0.25, -0.2) is 19.7 Å². The fraction of sp³-hybridized carbons (Fsp3) is 0.329. The van der Waals surface area contributed by atoms with Crippen molar-refractivity contribution >= 4 is 176 Å². The minimum absolute atomic E-state index is 0. The first-order valence-electron chi connectivity index (χ1n) is 42.3. The monoisotopic (exact) mass is 2150 g/mol. The molecule has 22 rings (SSSR count). The Bertz CT molecular complexity index is 6730. The van der Waals surface area contributed by atoms with E-state index in [1.165, 1.54) is 34.0 Å². The summed E-state index contributed by atoms with van der Waals surface area (Å²) in [7, 11) is 4.16. The Hall–Kier alpha value is -13.6. The third-order valence-electron chi connectivity index (χ3n) is 20.9. The quantitative estimate of drug-likeness (QED) is 0.0151. The van der Waals surface area contributed by atoms with E-state index in [-0.39, 0.29) is 86.8 Å². The highest BCUT2D eigenvalue weighted by molar-refractivity contribution is 9.10. The molecule has 49 nitrogen and oxygen atoms in total. The summed E-state index contributed by atoms with van der Waals surface area (Å²) in [5.41, 5.74) is 21.4. The SMILES string of the molecule is C.C1=Cc2ncc(-c3cc(Nc4cc5n(n4)CCOC5)c4nccn4c3)cc2C1.CC1(C)OB(c2cnc3c(c2)CC=C3)OC1(C)C.CCO.CN=P.Cl.Clc1cc(Br)c2nccn2c1.Clc1cc(Nc2cc3n(n2)CCOC3)c2nccn2c1.Nc1cc2n(n1)CCOC2.O=C(O)c1cc([N+](=O)[O-])[nH]n1.O=[N+]([O-])c1cc(CO)n(CCBr)n1.O=[N+]([O-])c1cc(CO)n[nH]1.O=[N+]([O-])c1cc2n(n1)CCOC2. The Morgan fingerprint density at radius 1 is 0.589 bits per heavy atom. The van der Waals surface area contributed by atoms with Crippen molar-refractivity contribution in [2.45, 2.75) is 138 Å². The van der Waals surface area contributed by atoms with E-state index in [1.54, 1.807) is 37.2 Å². The molecule has 10 N–H and O–H groups in total. The Morgan fingerprint density at radius 2 is 1.05 bits per heavy atom. The van der Waals surface area contributed by atoms with Crippen LogP contribution < -0.4 is 21.8 Å². The number of H-pyrrole nitrogens is 2. The number of carboxylic acids is 1. The third kappa shape index (κ3) is 29.3. The number of carboxylic acid groups (broad SMARTS) is 1. The van der Waals surface area contributed by atoms with Crippen LogP contribution in [-0.2, 0) is 113 Å². The van der Waals surface area contributed by atoms with Crippen LogP contribution in [0.15, 0.2) is 162 Å². The predicted molar refractivity (Wildman–Crippen MR) is 532 cm³/mol. The number of halogens is 5. The van der Waals surface area contributed by atoms with Gasteiger partial charge in [-0.15, -0.1) is 22.6 Å². The predicted octanol–water partition coefficient (Wildman–Crippen LogP) is 13.4. The van der Waals surface area contributed by atoms with Crippen molar-refractivity contribution in [1.82, 2.24) is 107 Å². The molecule has 0 atom stereocenters. The minimum atomic E-state index is -1.30. The molecule has 0 bridgehead atoms. The average molecular weight is 2150 g/mol. The molecule has 0 amide bonds. The van der Waals surface area contributed by atoms with Crippen molar-refractivity contribution in [2.24, 2.45) is 4.74 Å². The second-order valence-corrected chi connectivity index (χ2v) is 34.0. The van der Waals surface area contributed by atoms with Gasteiger partial charge in [0.15, 0.2) is 34.3 Å². The number of aromatic nitrogens is 22. The number of nitrogens with one attached hydrogen (secondary N) is 4. The first-order chi connectivity index (χ1) is 66.8. The molecule has 20 heterocycles. The Kier molecular flexibility index (Phi) is 40.0. The Balaban J connectivity index is 0.000000165. The lowest BCUT2D eigenvalue weighted by molar-refractivity contribution is -0.390. The number of rotatable bonds is 15. The molecule has 1 fully saturated rings. The van der Waals surface area contributed by atoms with Crippen LogP contribution >= 0.6 is 76.5 Å². The molecule has 15 aromatic heterocycles. The molecule has 0 spiro atoms. The molecule has 56 heteroatoms. The van der Waals surface area contributed by atoms with Crippen LogP contribution in [0, 0.1) is 40.5 Å². The normalized spacial score (nSPS) is 14.0. The third-order valence-corrected chi connectivity index (χ3v) is 22.2. The number of hydrogen-bond acceptors (Lipinski definition) is 34. The van der Waals surface area contributed by atoms with E-state index in [1.807, 2.05) is 106 Å².